The Bertz CT molecular complexity index is 625. The maximum atomic E-state index is 14.4. The predicted molar refractivity (Wildman–Crippen MR) is 90.2 cm³/mol. The van der Waals surface area contributed by atoms with Crippen LogP contribution in [0.15, 0.2) is 40.9 Å². The molecule has 0 aliphatic rings. The fourth-order valence-electron chi connectivity index (χ4n) is 2.74. The summed E-state index contributed by atoms with van der Waals surface area (Å²) in [5, 5.41) is 3.23. The van der Waals surface area contributed by atoms with Crippen molar-refractivity contribution in [3.63, 3.8) is 0 Å². The lowest BCUT2D eigenvalue weighted by Gasteiger charge is -2.20. The molecule has 2 aromatic carbocycles. The van der Waals surface area contributed by atoms with Gasteiger partial charge in [-0.15, -0.1) is 0 Å². The summed E-state index contributed by atoms with van der Waals surface area (Å²) in [6, 6.07) is 11.7. The van der Waals surface area contributed by atoms with Gasteiger partial charge in [-0.3, -0.25) is 0 Å². The van der Waals surface area contributed by atoms with Gasteiger partial charge in [0.05, 0.1) is 10.5 Å². The van der Waals surface area contributed by atoms with Gasteiger partial charge in [0.1, 0.15) is 5.82 Å². The lowest BCUT2D eigenvalue weighted by atomic mass is 9.93. The Morgan fingerprint density at radius 2 is 1.81 bits per heavy atom. The summed E-state index contributed by atoms with van der Waals surface area (Å²) in [5.41, 5.74) is 4.47. The quantitative estimate of drug-likeness (QED) is 0.798. The highest BCUT2D eigenvalue weighted by Crippen LogP contribution is 2.29. The second kappa shape index (κ2) is 7.19. The first kappa shape index (κ1) is 16.2. The summed E-state index contributed by atoms with van der Waals surface area (Å²) >= 11 is 3.26. The van der Waals surface area contributed by atoms with Gasteiger partial charge in [-0.25, -0.2) is 4.39 Å². The molecule has 2 aromatic rings. The van der Waals surface area contributed by atoms with Gasteiger partial charge >= 0.3 is 0 Å². The molecule has 0 saturated heterocycles. The lowest BCUT2D eigenvalue weighted by Crippen LogP contribution is -2.19. The standard InChI is InChI=1S/C18H21BrFN/c1-4-12-9-10-14(11-13(12)5-2)18(21-3)15-7-6-8-16(19)17(15)20/h6-11,18,21H,4-5H2,1-3H3. The van der Waals surface area contributed by atoms with Gasteiger partial charge in [0.15, 0.2) is 0 Å². The van der Waals surface area contributed by atoms with Crippen LogP contribution < -0.4 is 5.32 Å². The minimum atomic E-state index is -0.200. The Labute approximate surface area is 134 Å². The molecule has 2 rings (SSSR count). The van der Waals surface area contributed by atoms with Crippen LogP contribution in [0.1, 0.15) is 42.1 Å². The third-order valence-corrected chi connectivity index (χ3v) is 4.52. The van der Waals surface area contributed by atoms with Crippen molar-refractivity contribution in [1.82, 2.24) is 5.32 Å². The van der Waals surface area contributed by atoms with E-state index >= 15 is 0 Å². The highest BCUT2D eigenvalue weighted by Gasteiger charge is 2.18. The van der Waals surface area contributed by atoms with E-state index in [9.17, 15) is 4.39 Å². The van der Waals surface area contributed by atoms with Crippen molar-refractivity contribution < 1.29 is 4.39 Å². The van der Waals surface area contributed by atoms with Crippen molar-refractivity contribution in [3.05, 3.63) is 68.9 Å². The molecule has 1 N–H and O–H groups in total. The summed E-state index contributed by atoms with van der Waals surface area (Å²) in [6.45, 7) is 4.32. The monoisotopic (exact) mass is 349 g/mol. The van der Waals surface area contributed by atoms with Crippen LogP contribution in [-0.2, 0) is 12.8 Å². The van der Waals surface area contributed by atoms with E-state index in [0.717, 1.165) is 18.4 Å². The average molecular weight is 350 g/mol. The van der Waals surface area contributed by atoms with Crippen molar-refractivity contribution in [1.29, 1.82) is 0 Å². The lowest BCUT2D eigenvalue weighted by molar-refractivity contribution is 0.570. The van der Waals surface area contributed by atoms with Gasteiger partial charge in [-0.2, -0.15) is 0 Å². The zero-order valence-corrected chi connectivity index (χ0v) is 14.3. The number of benzene rings is 2. The molecule has 0 heterocycles. The third kappa shape index (κ3) is 3.35. The van der Waals surface area contributed by atoms with Crippen LogP contribution in [0, 0.1) is 5.82 Å². The van der Waals surface area contributed by atoms with E-state index in [0.29, 0.717) is 10.0 Å². The van der Waals surface area contributed by atoms with Crippen LogP contribution in [0.25, 0.3) is 0 Å². The SMILES string of the molecule is CCc1ccc(C(NC)c2cccc(Br)c2F)cc1CC. The molecular formula is C18H21BrFN. The number of rotatable bonds is 5. The number of halogens is 2. The Balaban J connectivity index is 2.49. The second-order valence-electron chi connectivity index (χ2n) is 5.10. The number of hydrogen-bond donors (Lipinski definition) is 1. The first-order chi connectivity index (χ1) is 10.1. The fourth-order valence-corrected chi connectivity index (χ4v) is 3.13. The maximum absolute atomic E-state index is 14.4. The van der Waals surface area contributed by atoms with Gasteiger partial charge in [0.2, 0.25) is 0 Å². The molecule has 21 heavy (non-hydrogen) atoms. The Morgan fingerprint density at radius 1 is 1.10 bits per heavy atom. The van der Waals surface area contributed by atoms with Gasteiger partial charge in [-0.05, 0) is 58.6 Å². The minimum Gasteiger partial charge on any atom is -0.309 e. The van der Waals surface area contributed by atoms with Gasteiger partial charge in [0, 0.05) is 5.56 Å². The Hall–Kier alpha value is -1.19. The number of hydrogen-bond acceptors (Lipinski definition) is 1. The van der Waals surface area contributed by atoms with E-state index in [-0.39, 0.29) is 11.9 Å². The second-order valence-corrected chi connectivity index (χ2v) is 5.95. The molecule has 1 nitrogen and oxygen atoms in total. The van der Waals surface area contributed by atoms with Crippen molar-refractivity contribution in [2.24, 2.45) is 0 Å². The molecule has 0 spiro atoms. The summed E-state index contributed by atoms with van der Waals surface area (Å²) in [6.07, 6.45) is 2.02. The van der Waals surface area contributed by atoms with Crippen molar-refractivity contribution in [3.8, 4) is 0 Å². The average Bonchev–Trinajstić information content (AvgIpc) is 2.51. The van der Waals surface area contributed by atoms with Crippen LogP contribution in [0.4, 0.5) is 4.39 Å². The molecule has 0 radical (unpaired) electrons. The van der Waals surface area contributed by atoms with Gasteiger partial charge in [-0.1, -0.05) is 44.2 Å². The number of nitrogens with one attached hydrogen (secondary N) is 1. The highest BCUT2D eigenvalue weighted by atomic mass is 79.9. The van der Waals surface area contributed by atoms with E-state index < -0.39 is 0 Å². The smallest absolute Gasteiger partial charge is 0.142 e. The molecule has 0 saturated carbocycles. The van der Waals surface area contributed by atoms with E-state index in [1.807, 2.05) is 19.2 Å². The third-order valence-electron chi connectivity index (χ3n) is 3.91. The van der Waals surface area contributed by atoms with Crippen LogP contribution in [0.2, 0.25) is 0 Å². The molecule has 0 aliphatic heterocycles. The van der Waals surface area contributed by atoms with E-state index in [2.05, 4.69) is 53.3 Å². The molecule has 1 unspecified atom stereocenters. The molecule has 0 amide bonds. The van der Waals surface area contributed by atoms with Crippen LogP contribution >= 0.6 is 15.9 Å². The van der Waals surface area contributed by atoms with Gasteiger partial charge < -0.3 is 5.32 Å². The number of aryl methyl sites for hydroxylation is 2. The molecule has 1 atom stereocenters. The molecular weight excluding hydrogens is 329 g/mol. The Morgan fingerprint density at radius 3 is 2.43 bits per heavy atom. The molecule has 0 aliphatic carbocycles. The highest BCUT2D eigenvalue weighted by molar-refractivity contribution is 9.10. The zero-order chi connectivity index (χ0) is 15.4. The molecule has 0 aromatic heterocycles. The van der Waals surface area contributed by atoms with E-state index in [4.69, 9.17) is 0 Å². The summed E-state index contributed by atoms with van der Waals surface area (Å²) in [5.74, 6) is -0.200. The molecule has 3 heteroatoms. The molecule has 112 valence electrons. The van der Waals surface area contributed by atoms with E-state index in [1.165, 1.54) is 11.1 Å². The summed E-state index contributed by atoms with van der Waals surface area (Å²) in [7, 11) is 1.87. The van der Waals surface area contributed by atoms with Crippen LogP contribution in [-0.4, -0.2) is 7.05 Å². The van der Waals surface area contributed by atoms with Crippen LogP contribution in [0.3, 0.4) is 0 Å². The molecule has 0 bridgehead atoms. The van der Waals surface area contributed by atoms with Gasteiger partial charge in [0.25, 0.3) is 0 Å². The first-order valence-electron chi connectivity index (χ1n) is 7.35. The van der Waals surface area contributed by atoms with Crippen LogP contribution in [0.5, 0.6) is 0 Å². The molecule has 0 fully saturated rings. The first-order valence-corrected chi connectivity index (χ1v) is 8.14. The maximum Gasteiger partial charge on any atom is 0.142 e. The minimum absolute atomic E-state index is 0.140. The summed E-state index contributed by atoms with van der Waals surface area (Å²) in [4.78, 5) is 0. The van der Waals surface area contributed by atoms with Crippen molar-refractivity contribution in [2.75, 3.05) is 7.05 Å². The normalized spacial score (nSPS) is 12.4. The predicted octanol–water partition coefficient (Wildman–Crippen LogP) is 5.02. The van der Waals surface area contributed by atoms with E-state index in [1.54, 1.807) is 6.07 Å². The largest absolute Gasteiger partial charge is 0.309 e. The van der Waals surface area contributed by atoms with Crippen molar-refractivity contribution in [2.45, 2.75) is 32.7 Å². The Kier molecular flexibility index (Phi) is 5.54. The topological polar surface area (TPSA) is 12.0 Å². The fraction of sp³-hybridized carbons (Fsp3) is 0.333. The zero-order valence-electron chi connectivity index (χ0n) is 12.7. The van der Waals surface area contributed by atoms with Crippen molar-refractivity contribution >= 4 is 15.9 Å². The summed E-state index contributed by atoms with van der Waals surface area (Å²) < 4.78 is 14.9.